The van der Waals surface area contributed by atoms with Crippen LogP contribution in [-0.4, -0.2) is 70.7 Å². The van der Waals surface area contributed by atoms with Crippen molar-refractivity contribution in [3.05, 3.63) is 70.1 Å². The number of fused-ring (bicyclic) bond motifs is 1. The first-order valence-corrected chi connectivity index (χ1v) is 12.7. The van der Waals surface area contributed by atoms with Crippen LogP contribution in [0.25, 0.3) is 10.9 Å². The van der Waals surface area contributed by atoms with Crippen molar-refractivity contribution >= 4 is 34.4 Å². The number of morpholine rings is 1. The summed E-state index contributed by atoms with van der Waals surface area (Å²) in [5, 5.41) is 11.0. The third-order valence-corrected chi connectivity index (χ3v) is 7.58. The van der Waals surface area contributed by atoms with Crippen LogP contribution >= 0.6 is 11.6 Å². The van der Waals surface area contributed by atoms with Gasteiger partial charge in [-0.05, 0) is 50.0 Å². The minimum atomic E-state index is -0.999. The van der Waals surface area contributed by atoms with E-state index >= 15 is 0 Å². The molecule has 2 aromatic carbocycles. The topological polar surface area (TPSA) is 75.0 Å². The van der Waals surface area contributed by atoms with E-state index in [1.165, 1.54) is 6.07 Å². The summed E-state index contributed by atoms with van der Waals surface area (Å²) in [6, 6.07) is 12.4. The highest BCUT2D eigenvalue weighted by Gasteiger charge is 2.31. The van der Waals surface area contributed by atoms with E-state index in [0.29, 0.717) is 49.1 Å². The van der Waals surface area contributed by atoms with Crippen molar-refractivity contribution in [2.45, 2.75) is 31.8 Å². The first kappa shape index (κ1) is 24.7. The van der Waals surface area contributed by atoms with Gasteiger partial charge in [-0.1, -0.05) is 35.9 Å². The number of aromatic nitrogens is 1. The summed E-state index contributed by atoms with van der Waals surface area (Å²) in [6.07, 6.45) is 1.50. The number of piperidine rings is 1. The predicted octanol–water partition coefficient (Wildman–Crippen LogP) is 4.37. The molecule has 3 aromatic rings. The minimum absolute atomic E-state index is 0.0396. The number of rotatable bonds is 6. The number of carboxylic acids is 1. The maximum Gasteiger partial charge on any atom is 0.323 e. The van der Waals surface area contributed by atoms with Crippen LogP contribution in [0.15, 0.2) is 42.5 Å². The fourth-order valence-corrected chi connectivity index (χ4v) is 5.82. The molecule has 0 atom stereocenters. The molecule has 2 fully saturated rings. The van der Waals surface area contributed by atoms with Crippen LogP contribution in [0.1, 0.15) is 40.4 Å². The van der Waals surface area contributed by atoms with Gasteiger partial charge in [0.2, 0.25) is 0 Å². The standard InChI is InChI=1S/C27H29ClFN3O4/c28-21-5-3-6-22(29)25(21)18-8-10-30(11-9-18)16-20-19-4-1-2-7-23(19)32(17-24(33)34)26(20)27(35)31-12-14-36-15-13-31/h1-7,18H,8-17H2,(H,33,34). The maximum atomic E-state index is 14.5. The number of likely N-dealkylation sites (tertiary alicyclic amines) is 1. The Morgan fingerprint density at radius 2 is 1.75 bits per heavy atom. The smallest absolute Gasteiger partial charge is 0.323 e. The summed E-state index contributed by atoms with van der Waals surface area (Å²) in [5.41, 5.74) is 2.59. The lowest BCUT2D eigenvalue weighted by atomic mass is 9.88. The second-order valence-corrected chi connectivity index (χ2v) is 9.82. The summed E-state index contributed by atoms with van der Waals surface area (Å²) < 4.78 is 21.5. The zero-order valence-corrected chi connectivity index (χ0v) is 20.7. The van der Waals surface area contributed by atoms with E-state index < -0.39 is 5.97 Å². The van der Waals surface area contributed by atoms with Gasteiger partial charge in [0, 0.05) is 46.7 Å². The number of halogens is 2. The lowest BCUT2D eigenvalue weighted by Crippen LogP contribution is -2.42. The number of ether oxygens (including phenoxy) is 1. The molecule has 0 saturated carbocycles. The van der Waals surface area contributed by atoms with Crippen LogP contribution in [0.5, 0.6) is 0 Å². The van der Waals surface area contributed by atoms with Crippen molar-refractivity contribution in [2.24, 2.45) is 0 Å². The molecular weight excluding hydrogens is 485 g/mol. The van der Waals surface area contributed by atoms with Gasteiger partial charge in [0.1, 0.15) is 18.1 Å². The highest BCUT2D eigenvalue weighted by molar-refractivity contribution is 6.31. The van der Waals surface area contributed by atoms with Gasteiger partial charge in [0.25, 0.3) is 5.91 Å². The monoisotopic (exact) mass is 513 g/mol. The first-order valence-electron chi connectivity index (χ1n) is 12.3. The SMILES string of the molecule is O=C(O)Cn1c(C(=O)N2CCOCC2)c(CN2CCC(c3c(F)cccc3Cl)CC2)c2ccccc21. The number of carbonyl (C=O) groups excluding carboxylic acids is 1. The van der Waals surface area contributed by atoms with E-state index in [1.807, 2.05) is 24.3 Å². The van der Waals surface area contributed by atoms with E-state index in [1.54, 1.807) is 21.6 Å². The molecular formula is C27H29ClFN3O4. The number of aliphatic carboxylic acids is 1. The van der Waals surface area contributed by atoms with E-state index in [0.717, 1.165) is 42.4 Å². The largest absolute Gasteiger partial charge is 0.480 e. The minimum Gasteiger partial charge on any atom is -0.480 e. The Kier molecular flexibility index (Phi) is 7.27. The Bertz CT molecular complexity index is 1260. The summed E-state index contributed by atoms with van der Waals surface area (Å²) >= 11 is 6.31. The third-order valence-electron chi connectivity index (χ3n) is 7.25. The summed E-state index contributed by atoms with van der Waals surface area (Å²) in [5.74, 6) is -1.39. The van der Waals surface area contributed by atoms with Gasteiger partial charge >= 0.3 is 5.97 Å². The first-order chi connectivity index (χ1) is 17.4. The van der Waals surface area contributed by atoms with Crippen LogP contribution in [-0.2, 0) is 22.6 Å². The number of hydrogen-bond donors (Lipinski definition) is 1. The predicted molar refractivity (Wildman–Crippen MR) is 135 cm³/mol. The summed E-state index contributed by atoms with van der Waals surface area (Å²) in [4.78, 5) is 29.5. The fraction of sp³-hybridized carbons (Fsp3) is 0.407. The molecule has 0 spiro atoms. The van der Waals surface area contributed by atoms with Gasteiger partial charge in [0.05, 0.1) is 13.2 Å². The molecule has 3 heterocycles. The molecule has 2 aliphatic rings. The van der Waals surface area contributed by atoms with Crippen molar-refractivity contribution in [3.63, 3.8) is 0 Å². The van der Waals surface area contributed by atoms with Crippen molar-refractivity contribution in [1.82, 2.24) is 14.4 Å². The van der Waals surface area contributed by atoms with Crippen LogP contribution in [0.4, 0.5) is 4.39 Å². The Labute approximate surface area is 214 Å². The highest BCUT2D eigenvalue weighted by atomic mass is 35.5. The quantitative estimate of drug-likeness (QED) is 0.530. The molecule has 190 valence electrons. The molecule has 36 heavy (non-hydrogen) atoms. The van der Waals surface area contributed by atoms with Crippen molar-refractivity contribution in [2.75, 3.05) is 39.4 Å². The number of benzene rings is 2. The van der Waals surface area contributed by atoms with Gasteiger partial charge in [-0.3, -0.25) is 14.5 Å². The van der Waals surface area contributed by atoms with Crippen LogP contribution in [0.2, 0.25) is 5.02 Å². The normalized spacial score (nSPS) is 17.6. The molecule has 1 amide bonds. The highest BCUT2D eigenvalue weighted by Crippen LogP contribution is 2.36. The Hall–Kier alpha value is -2.94. The van der Waals surface area contributed by atoms with E-state index in [4.69, 9.17) is 16.3 Å². The van der Waals surface area contributed by atoms with Crippen molar-refractivity contribution in [3.8, 4) is 0 Å². The number of carboxylic acid groups (broad SMARTS) is 1. The number of carbonyl (C=O) groups is 2. The molecule has 1 N–H and O–H groups in total. The molecule has 1 aromatic heterocycles. The van der Waals surface area contributed by atoms with Gasteiger partial charge in [0.15, 0.2) is 0 Å². The van der Waals surface area contributed by atoms with E-state index in [2.05, 4.69) is 4.90 Å². The average molecular weight is 514 g/mol. The van der Waals surface area contributed by atoms with Crippen molar-refractivity contribution in [1.29, 1.82) is 0 Å². The zero-order chi connectivity index (χ0) is 25.2. The lowest BCUT2D eigenvalue weighted by molar-refractivity contribution is -0.137. The Balaban J connectivity index is 1.45. The Morgan fingerprint density at radius 3 is 2.44 bits per heavy atom. The molecule has 5 rings (SSSR count). The van der Waals surface area contributed by atoms with Crippen LogP contribution in [0, 0.1) is 5.82 Å². The van der Waals surface area contributed by atoms with Crippen molar-refractivity contribution < 1.29 is 23.8 Å². The van der Waals surface area contributed by atoms with Gasteiger partial charge < -0.3 is 19.3 Å². The molecule has 2 aliphatic heterocycles. The average Bonchev–Trinajstić information content (AvgIpc) is 3.17. The molecule has 7 nitrogen and oxygen atoms in total. The lowest BCUT2D eigenvalue weighted by Gasteiger charge is -2.33. The molecule has 0 radical (unpaired) electrons. The van der Waals surface area contributed by atoms with E-state index in [-0.39, 0.29) is 24.2 Å². The van der Waals surface area contributed by atoms with Gasteiger partial charge in [-0.25, -0.2) is 4.39 Å². The maximum absolute atomic E-state index is 14.5. The molecule has 0 unspecified atom stereocenters. The molecule has 2 saturated heterocycles. The third kappa shape index (κ3) is 4.85. The van der Waals surface area contributed by atoms with Crippen LogP contribution in [0.3, 0.4) is 0 Å². The van der Waals surface area contributed by atoms with Gasteiger partial charge in [-0.15, -0.1) is 0 Å². The molecule has 0 aliphatic carbocycles. The zero-order valence-electron chi connectivity index (χ0n) is 20.0. The van der Waals surface area contributed by atoms with Crippen LogP contribution < -0.4 is 0 Å². The summed E-state index contributed by atoms with van der Waals surface area (Å²) in [6.45, 7) is 3.54. The molecule has 9 heteroatoms. The number of nitrogens with zero attached hydrogens (tertiary/aromatic N) is 3. The second-order valence-electron chi connectivity index (χ2n) is 9.41. The number of amides is 1. The van der Waals surface area contributed by atoms with E-state index in [9.17, 15) is 19.1 Å². The second kappa shape index (κ2) is 10.6. The Morgan fingerprint density at radius 1 is 1.03 bits per heavy atom. The fourth-order valence-electron chi connectivity index (χ4n) is 5.50. The van der Waals surface area contributed by atoms with Gasteiger partial charge in [-0.2, -0.15) is 0 Å². The molecule has 0 bridgehead atoms. The number of para-hydroxylation sites is 1. The number of hydrogen-bond acceptors (Lipinski definition) is 4. The summed E-state index contributed by atoms with van der Waals surface area (Å²) in [7, 11) is 0.